The van der Waals surface area contributed by atoms with E-state index in [9.17, 15) is 9.90 Å². The molecule has 8 heteroatoms. The molecule has 2 rings (SSSR count). The van der Waals surface area contributed by atoms with E-state index in [0.717, 1.165) is 5.56 Å². The Morgan fingerprint density at radius 1 is 1.12 bits per heavy atom. The number of rotatable bonds is 6. The van der Waals surface area contributed by atoms with Crippen molar-refractivity contribution >= 4 is 53.1 Å². The molecule has 4 N–H and O–H groups in total. The van der Waals surface area contributed by atoms with E-state index in [1.165, 1.54) is 12.1 Å². The van der Waals surface area contributed by atoms with Gasteiger partial charge in [0.1, 0.15) is 5.75 Å². The summed E-state index contributed by atoms with van der Waals surface area (Å²) in [7, 11) is 0. The van der Waals surface area contributed by atoms with Crippen LogP contribution in [-0.4, -0.2) is 30.1 Å². The van der Waals surface area contributed by atoms with Gasteiger partial charge in [-0.05, 0) is 42.8 Å². The Morgan fingerprint density at radius 3 is 2.46 bits per heavy atom. The van der Waals surface area contributed by atoms with Gasteiger partial charge in [-0.25, -0.2) is 4.99 Å². The Kier molecular flexibility index (Phi) is 9.82. The topological polar surface area (TPSA) is 85.8 Å². The molecule has 1 amide bonds. The first-order valence-electron chi connectivity index (χ1n) is 7.93. The van der Waals surface area contributed by atoms with Crippen molar-refractivity contribution in [3.8, 4) is 5.75 Å². The van der Waals surface area contributed by atoms with Crippen molar-refractivity contribution < 1.29 is 9.90 Å². The molecule has 0 fully saturated rings. The van der Waals surface area contributed by atoms with E-state index in [2.05, 4.69) is 20.9 Å². The second-order valence-corrected chi connectivity index (χ2v) is 5.64. The van der Waals surface area contributed by atoms with Crippen molar-refractivity contribution in [1.82, 2.24) is 10.6 Å². The summed E-state index contributed by atoms with van der Waals surface area (Å²) in [4.78, 5) is 16.4. The SMILES string of the molecule is CCNC(=NCc1ccccc1Cl)NCC(=O)Nc1ccc(O)cc1.I. The van der Waals surface area contributed by atoms with E-state index in [4.69, 9.17) is 11.6 Å². The average molecular weight is 489 g/mol. The highest BCUT2D eigenvalue weighted by atomic mass is 127. The molecule has 140 valence electrons. The van der Waals surface area contributed by atoms with Gasteiger partial charge in [0, 0.05) is 17.3 Å². The van der Waals surface area contributed by atoms with Crippen molar-refractivity contribution in [2.24, 2.45) is 4.99 Å². The van der Waals surface area contributed by atoms with Crippen LogP contribution in [0.15, 0.2) is 53.5 Å². The quantitative estimate of drug-likeness (QED) is 0.217. The normalized spacial score (nSPS) is 10.6. The van der Waals surface area contributed by atoms with E-state index in [1.54, 1.807) is 12.1 Å². The largest absolute Gasteiger partial charge is 0.508 e. The lowest BCUT2D eigenvalue weighted by molar-refractivity contribution is -0.115. The van der Waals surface area contributed by atoms with E-state index in [-0.39, 0.29) is 42.2 Å². The predicted octanol–water partition coefficient (Wildman–Crippen LogP) is 3.36. The second kappa shape index (κ2) is 11.6. The minimum absolute atomic E-state index is 0. The van der Waals surface area contributed by atoms with Gasteiger partial charge in [0.15, 0.2) is 5.96 Å². The summed E-state index contributed by atoms with van der Waals surface area (Å²) in [5.41, 5.74) is 1.53. The molecular formula is C18H22ClIN4O2. The van der Waals surface area contributed by atoms with E-state index < -0.39 is 0 Å². The van der Waals surface area contributed by atoms with Gasteiger partial charge in [-0.3, -0.25) is 4.79 Å². The fraction of sp³-hybridized carbons (Fsp3) is 0.222. The fourth-order valence-electron chi connectivity index (χ4n) is 2.05. The number of benzene rings is 2. The van der Waals surface area contributed by atoms with E-state index >= 15 is 0 Å². The van der Waals surface area contributed by atoms with Gasteiger partial charge in [-0.1, -0.05) is 29.8 Å². The van der Waals surface area contributed by atoms with Crippen molar-refractivity contribution in [2.45, 2.75) is 13.5 Å². The maximum absolute atomic E-state index is 12.0. The predicted molar refractivity (Wildman–Crippen MR) is 116 cm³/mol. The summed E-state index contributed by atoms with van der Waals surface area (Å²) in [6, 6.07) is 13.8. The maximum atomic E-state index is 12.0. The Bertz CT molecular complexity index is 738. The van der Waals surface area contributed by atoms with Gasteiger partial charge in [0.05, 0.1) is 13.1 Å². The van der Waals surface area contributed by atoms with Crippen LogP contribution in [0.5, 0.6) is 5.75 Å². The standard InChI is InChI=1S/C18H21ClN4O2.HI/c1-2-20-18(21-11-13-5-3-4-6-16(13)19)22-12-17(25)23-14-7-9-15(24)10-8-14;/h3-10,24H,2,11-12H2,1H3,(H,23,25)(H2,20,21,22);1H. The van der Waals surface area contributed by atoms with Crippen molar-refractivity contribution in [2.75, 3.05) is 18.4 Å². The zero-order valence-electron chi connectivity index (χ0n) is 14.3. The molecule has 0 radical (unpaired) electrons. The van der Waals surface area contributed by atoms with Crippen LogP contribution in [0.2, 0.25) is 5.02 Å². The van der Waals surface area contributed by atoms with Gasteiger partial charge >= 0.3 is 0 Å². The number of hydrogen-bond acceptors (Lipinski definition) is 3. The number of nitrogens with zero attached hydrogens (tertiary/aromatic N) is 1. The zero-order valence-corrected chi connectivity index (χ0v) is 17.4. The van der Waals surface area contributed by atoms with Crippen molar-refractivity contribution in [3.05, 3.63) is 59.1 Å². The molecule has 0 spiro atoms. The monoisotopic (exact) mass is 488 g/mol. The highest BCUT2D eigenvalue weighted by Gasteiger charge is 2.05. The highest BCUT2D eigenvalue weighted by molar-refractivity contribution is 14.0. The molecule has 0 unspecified atom stereocenters. The molecule has 0 aliphatic rings. The lowest BCUT2D eigenvalue weighted by Gasteiger charge is -2.12. The molecule has 2 aromatic rings. The van der Waals surface area contributed by atoms with Crippen LogP contribution in [0.4, 0.5) is 5.69 Å². The van der Waals surface area contributed by atoms with Gasteiger partial charge in [0.2, 0.25) is 5.91 Å². The fourth-order valence-corrected chi connectivity index (χ4v) is 2.24. The maximum Gasteiger partial charge on any atom is 0.243 e. The van der Waals surface area contributed by atoms with Gasteiger partial charge < -0.3 is 21.1 Å². The van der Waals surface area contributed by atoms with Crippen LogP contribution in [0.3, 0.4) is 0 Å². The smallest absolute Gasteiger partial charge is 0.243 e. The third-order valence-corrected chi connectivity index (χ3v) is 3.65. The summed E-state index contributed by atoms with van der Waals surface area (Å²) in [6.07, 6.45) is 0. The van der Waals surface area contributed by atoms with Crippen LogP contribution in [0, 0.1) is 0 Å². The molecule has 26 heavy (non-hydrogen) atoms. The second-order valence-electron chi connectivity index (χ2n) is 5.24. The number of halogens is 2. The van der Waals surface area contributed by atoms with Crippen molar-refractivity contribution in [1.29, 1.82) is 0 Å². The molecule has 0 aliphatic carbocycles. The molecule has 6 nitrogen and oxygen atoms in total. The molecule has 0 aromatic heterocycles. The van der Waals surface area contributed by atoms with Crippen LogP contribution >= 0.6 is 35.6 Å². The first-order chi connectivity index (χ1) is 12.1. The first-order valence-corrected chi connectivity index (χ1v) is 8.30. The van der Waals surface area contributed by atoms with Crippen LogP contribution in [0.1, 0.15) is 12.5 Å². The third kappa shape index (κ3) is 7.49. The molecule has 0 saturated heterocycles. The number of hydrogen-bond donors (Lipinski definition) is 4. The third-order valence-electron chi connectivity index (χ3n) is 3.28. The number of nitrogens with one attached hydrogen (secondary N) is 3. The number of guanidine groups is 1. The summed E-state index contributed by atoms with van der Waals surface area (Å²) in [6.45, 7) is 3.10. The van der Waals surface area contributed by atoms with Gasteiger partial charge in [-0.15, -0.1) is 24.0 Å². The van der Waals surface area contributed by atoms with Gasteiger partial charge in [0.25, 0.3) is 0 Å². The number of phenols is 1. The first kappa shape index (κ1) is 22.0. The lowest BCUT2D eigenvalue weighted by Crippen LogP contribution is -2.41. The molecular weight excluding hydrogens is 467 g/mol. The van der Waals surface area contributed by atoms with Gasteiger partial charge in [-0.2, -0.15) is 0 Å². The average Bonchev–Trinajstić information content (AvgIpc) is 2.60. The number of carbonyl (C=O) groups is 1. The molecule has 0 bridgehead atoms. The molecule has 0 aliphatic heterocycles. The highest BCUT2D eigenvalue weighted by Crippen LogP contribution is 2.15. The Hall–Kier alpha value is -2.00. The summed E-state index contributed by atoms with van der Waals surface area (Å²) < 4.78 is 0. The lowest BCUT2D eigenvalue weighted by atomic mass is 10.2. The molecule has 2 aromatic carbocycles. The number of phenolic OH excluding ortho intramolecular Hbond substituents is 1. The van der Waals surface area contributed by atoms with E-state index in [0.29, 0.717) is 29.8 Å². The molecule has 0 heterocycles. The number of carbonyl (C=O) groups excluding carboxylic acids is 1. The van der Waals surface area contributed by atoms with Crippen LogP contribution in [0.25, 0.3) is 0 Å². The number of amides is 1. The Morgan fingerprint density at radius 2 is 1.81 bits per heavy atom. The molecule has 0 atom stereocenters. The number of aliphatic imine (C=N–C) groups is 1. The Labute approximate surface area is 175 Å². The minimum atomic E-state index is -0.214. The number of anilines is 1. The molecule has 0 saturated carbocycles. The van der Waals surface area contributed by atoms with Crippen LogP contribution in [-0.2, 0) is 11.3 Å². The summed E-state index contributed by atoms with van der Waals surface area (Å²) in [5, 5.41) is 18.7. The minimum Gasteiger partial charge on any atom is -0.508 e. The zero-order chi connectivity index (χ0) is 18.1. The number of aromatic hydroxyl groups is 1. The van der Waals surface area contributed by atoms with Crippen molar-refractivity contribution in [3.63, 3.8) is 0 Å². The Balaban J connectivity index is 0.00000338. The summed E-state index contributed by atoms with van der Waals surface area (Å²) in [5.74, 6) is 0.467. The summed E-state index contributed by atoms with van der Waals surface area (Å²) >= 11 is 6.12. The van der Waals surface area contributed by atoms with Crippen LogP contribution < -0.4 is 16.0 Å². The van der Waals surface area contributed by atoms with E-state index in [1.807, 2.05) is 31.2 Å².